The highest BCUT2D eigenvalue weighted by Crippen LogP contribution is 2.27. The first-order chi connectivity index (χ1) is 10.1. The van der Waals surface area contributed by atoms with E-state index in [-0.39, 0.29) is 18.0 Å². The van der Waals surface area contributed by atoms with Crippen LogP contribution in [-0.4, -0.2) is 37.7 Å². The van der Waals surface area contributed by atoms with Crippen LogP contribution in [0.3, 0.4) is 0 Å². The van der Waals surface area contributed by atoms with E-state index in [2.05, 4.69) is 16.0 Å². The minimum atomic E-state index is -0.211. The van der Waals surface area contributed by atoms with Crippen molar-refractivity contribution in [3.05, 3.63) is 29.8 Å². The summed E-state index contributed by atoms with van der Waals surface area (Å²) in [5.41, 5.74) is 1.18. The number of rotatable bonds is 6. The molecule has 0 aromatic heterocycles. The molecule has 0 saturated heterocycles. The summed E-state index contributed by atoms with van der Waals surface area (Å²) in [5.74, 6) is 0.845. The lowest BCUT2D eigenvalue weighted by molar-refractivity contribution is -0.118. The summed E-state index contributed by atoms with van der Waals surface area (Å²) < 4.78 is 5.74. The molecule has 6 nitrogen and oxygen atoms in total. The summed E-state index contributed by atoms with van der Waals surface area (Å²) in [5, 5.41) is 8.22. The first kappa shape index (κ1) is 15.2. The lowest BCUT2D eigenvalue weighted by Crippen LogP contribution is -2.41. The summed E-state index contributed by atoms with van der Waals surface area (Å²) in [6.45, 7) is 3.04. The Morgan fingerprint density at radius 3 is 2.71 bits per heavy atom. The van der Waals surface area contributed by atoms with Gasteiger partial charge in [0, 0.05) is 26.4 Å². The van der Waals surface area contributed by atoms with Gasteiger partial charge in [-0.3, -0.25) is 4.79 Å². The molecule has 1 aliphatic rings. The number of hydrogen-bond donors (Lipinski definition) is 3. The molecule has 0 radical (unpaired) electrons. The van der Waals surface area contributed by atoms with Crippen LogP contribution in [-0.2, 0) is 11.2 Å². The number of hydrogen-bond acceptors (Lipinski definition) is 3. The molecule has 3 amide bonds. The van der Waals surface area contributed by atoms with Crippen LogP contribution in [0.15, 0.2) is 24.3 Å². The lowest BCUT2D eigenvalue weighted by Gasteiger charge is -2.12. The van der Waals surface area contributed by atoms with Crippen molar-refractivity contribution in [3.63, 3.8) is 0 Å². The van der Waals surface area contributed by atoms with Crippen LogP contribution >= 0.6 is 0 Å². The minimum absolute atomic E-state index is 0.00692. The van der Waals surface area contributed by atoms with E-state index in [1.54, 1.807) is 0 Å². The van der Waals surface area contributed by atoms with Gasteiger partial charge in [0.25, 0.3) is 0 Å². The molecule has 21 heavy (non-hydrogen) atoms. The molecule has 6 heteroatoms. The smallest absolute Gasteiger partial charge is 0.314 e. The van der Waals surface area contributed by atoms with E-state index < -0.39 is 0 Å². The Morgan fingerprint density at radius 2 is 1.95 bits per heavy atom. The number of nitrogens with one attached hydrogen (secondary N) is 3. The number of amides is 3. The lowest BCUT2D eigenvalue weighted by atomic mass is 10.1. The highest BCUT2D eigenvalue weighted by atomic mass is 16.5. The standard InChI is InChI=1S/C15H21N3O3/c1-11(19)16-7-4-8-17-15(20)18-10-13-9-12-5-2-3-6-14(12)21-13/h2-3,5-6,13H,4,7-10H2,1H3,(H,16,19)(H2,17,18,20). The molecule has 0 aliphatic carbocycles. The minimum Gasteiger partial charge on any atom is -0.488 e. The van der Waals surface area contributed by atoms with E-state index in [9.17, 15) is 9.59 Å². The SMILES string of the molecule is CC(=O)NCCCNC(=O)NCC1Cc2ccccc2O1. The largest absolute Gasteiger partial charge is 0.488 e. The molecule has 0 fully saturated rings. The summed E-state index contributed by atoms with van der Waals surface area (Å²) >= 11 is 0. The van der Waals surface area contributed by atoms with Crippen molar-refractivity contribution in [1.82, 2.24) is 16.0 Å². The second kappa shape index (κ2) is 7.52. The van der Waals surface area contributed by atoms with Gasteiger partial charge in [-0.25, -0.2) is 4.79 Å². The average Bonchev–Trinajstić information content (AvgIpc) is 2.87. The van der Waals surface area contributed by atoms with Gasteiger partial charge in [0.1, 0.15) is 11.9 Å². The maximum atomic E-state index is 11.6. The summed E-state index contributed by atoms with van der Waals surface area (Å²) in [7, 11) is 0. The van der Waals surface area contributed by atoms with Crippen molar-refractivity contribution in [2.45, 2.75) is 25.9 Å². The van der Waals surface area contributed by atoms with Crippen LogP contribution in [0.5, 0.6) is 5.75 Å². The Balaban J connectivity index is 1.57. The predicted molar refractivity (Wildman–Crippen MR) is 79.3 cm³/mol. The zero-order chi connectivity index (χ0) is 15.1. The molecule has 1 atom stereocenters. The van der Waals surface area contributed by atoms with Gasteiger partial charge in [0.15, 0.2) is 0 Å². The molecule has 1 unspecified atom stereocenters. The number of para-hydroxylation sites is 1. The van der Waals surface area contributed by atoms with Crippen LogP contribution < -0.4 is 20.7 Å². The molecule has 2 rings (SSSR count). The normalized spacial score (nSPS) is 15.8. The Morgan fingerprint density at radius 1 is 1.19 bits per heavy atom. The molecule has 3 N–H and O–H groups in total. The molecule has 1 heterocycles. The summed E-state index contributed by atoms with van der Waals surface area (Å²) in [6, 6.07) is 7.70. The van der Waals surface area contributed by atoms with Gasteiger partial charge in [0.05, 0.1) is 6.54 Å². The van der Waals surface area contributed by atoms with Crippen LogP contribution in [0.1, 0.15) is 18.9 Å². The quantitative estimate of drug-likeness (QED) is 0.679. The van der Waals surface area contributed by atoms with Gasteiger partial charge in [-0.1, -0.05) is 18.2 Å². The Labute approximate surface area is 124 Å². The molecule has 1 aromatic carbocycles. The van der Waals surface area contributed by atoms with E-state index in [1.807, 2.05) is 24.3 Å². The second-order valence-corrected chi connectivity index (χ2v) is 5.03. The first-order valence-electron chi connectivity index (χ1n) is 7.16. The Kier molecular flexibility index (Phi) is 5.43. The number of benzene rings is 1. The van der Waals surface area contributed by atoms with Crippen molar-refractivity contribution in [2.24, 2.45) is 0 Å². The van der Waals surface area contributed by atoms with E-state index in [4.69, 9.17) is 4.74 Å². The monoisotopic (exact) mass is 291 g/mol. The van der Waals surface area contributed by atoms with E-state index >= 15 is 0 Å². The van der Waals surface area contributed by atoms with E-state index in [0.717, 1.165) is 12.2 Å². The fraction of sp³-hybridized carbons (Fsp3) is 0.467. The average molecular weight is 291 g/mol. The molecular weight excluding hydrogens is 270 g/mol. The number of urea groups is 1. The molecule has 1 aliphatic heterocycles. The van der Waals surface area contributed by atoms with Crippen LogP contribution in [0, 0.1) is 0 Å². The summed E-state index contributed by atoms with van der Waals surface area (Å²) in [4.78, 5) is 22.3. The number of fused-ring (bicyclic) bond motifs is 1. The molecule has 114 valence electrons. The third-order valence-electron chi connectivity index (χ3n) is 3.22. The zero-order valence-corrected chi connectivity index (χ0v) is 12.1. The maximum Gasteiger partial charge on any atom is 0.314 e. The molecule has 0 bridgehead atoms. The van der Waals surface area contributed by atoms with Gasteiger partial charge in [-0.2, -0.15) is 0 Å². The van der Waals surface area contributed by atoms with Gasteiger partial charge >= 0.3 is 6.03 Å². The fourth-order valence-corrected chi connectivity index (χ4v) is 2.19. The van der Waals surface area contributed by atoms with E-state index in [0.29, 0.717) is 26.1 Å². The van der Waals surface area contributed by atoms with Crippen molar-refractivity contribution >= 4 is 11.9 Å². The maximum absolute atomic E-state index is 11.6. The van der Waals surface area contributed by atoms with Gasteiger partial charge < -0.3 is 20.7 Å². The zero-order valence-electron chi connectivity index (χ0n) is 12.1. The summed E-state index contributed by atoms with van der Waals surface area (Å²) in [6.07, 6.45) is 1.52. The highest BCUT2D eigenvalue weighted by Gasteiger charge is 2.22. The predicted octanol–water partition coefficient (Wildman–Crippen LogP) is 0.815. The highest BCUT2D eigenvalue weighted by molar-refractivity contribution is 5.74. The van der Waals surface area contributed by atoms with Crippen molar-refractivity contribution < 1.29 is 14.3 Å². The van der Waals surface area contributed by atoms with Crippen LogP contribution in [0.25, 0.3) is 0 Å². The second-order valence-electron chi connectivity index (χ2n) is 5.03. The fourth-order valence-electron chi connectivity index (χ4n) is 2.19. The number of carbonyl (C=O) groups is 2. The first-order valence-corrected chi connectivity index (χ1v) is 7.16. The van der Waals surface area contributed by atoms with Gasteiger partial charge in [0.2, 0.25) is 5.91 Å². The molecular formula is C15H21N3O3. The molecule has 1 aromatic rings. The third-order valence-corrected chi connectivity index (χ3v) is 3.22. The molecule has 0 saturated carbocycles. The van der Waals surface area contributed by atoms with E-state index in [1.165, 1.54) is 12.5 Å². The van der Waals surface area contributed by atoms with Gasteiger partial charge in [-0.05, 0) is 18.1 Å². The number of carbonyl (C=O) groups excluding carboxylic acids is 2. The van der Waals surface area contributed by atoms with Crippen molar-refractivity contribution in [3.8, 4) is 5.75 Å². The Hall–Kier alpha value is -2.24. The van der Waals surface area contributed by atoms with Crippen molar-refractivity contribution in [2.75, 3.05) is 19.6 Å². The third kappa shape index (κ3) is 4.98. The van der Waals surface area contributed by atoms with Gasteiger partial charge in [-0.15, -0.1) is 0 Å². The number of ether oxygens (including phenoxy) is 1. The molecule has 0 spiro atoms. The topological polar surface area (TPSA) is 79.5 Å². The van der Waals surface area contributed by atoms with Crippen LogP contribution in [0.2, 0.25) is 0 Å². The van der Waals surface area contributed by atoms with Crippen molar-refractivity contribution in [1.29, 1.82) is 0 Å². The van der Waals surface area contributed by atoms with Crippen LogP contribution in [0.4, 0.5) is 4.79 Å². The Bertz CT molecular complexity index is 480.